The van der Waals surface area contributed by atoms with E-state index in [-0.39, 0.29) is 41.5 Å². The fourth-order valence-corrected chi connectivity index (χ4v) is 8.89. The quantitative estimate of drug-likeness (QED) is 0.484. The van der Waals surface area contributed by atoms with Gasteiger partial charge in [0, 0.05) is 30.1 Å². The normalized spacial score (nSPS) is 30.5. The molecule has 1 spiro atoms. The van der Waals surface area contributed by atoms with Gasteiger partial charge in [0.15, 0.2) is 0 Å². The van der Waals surface area contributed by atoms with E-state index in [0.29, 0.717) is 26.1 Å². The number of nitrogens with zero attached hydrogens (tertiary/aromatic N) is 3. The first-order valence-corrected chi connectivity index (χ1v) is 15.3. The lowest BCUT2D eigenvalue weighted by Crippen LogP contribution is -2.57. The van der Waals surface area contributed by atoms with Gasteiger partial charge in [0.2, 0.25) is 17.7 Å². The van der Waals surface area contributed by atoms with Crippen LogP contribution in [0.3, 0.4) is 0 Å². The summed E-state index contributed by atoms with van der Waals surface area (Å²) in [5.41, 5.74) is 0.745. The highest BCUT2D eigenvalue weighted by Crippen LogP contribution is 2.61. The van der Waals surface area contributed by atoms with Gasteiger partial charge >= 0.3 is 0 Å². The Morgan fingerprint density at radius 2 is 1.75 bits per heavy atom. The summed E-state index contributed by atoms with van der Waals surface area (Å²) in [5, 5.41) is 10.2. The Morgan fingerprint density at radius 3 is 2.38 bits per heavy atom. The molecule has 1 unspecified atom stereocenters. The summed E-state index contributed by atoms with van der Waals surface area (Å²) in [5.74, 6) is -0.808. The summed E-state index contributed by atoms with van der Waals surface area (Å²) >= 11 is 1.57. The zero-order valence-electron chi connectivity index (χ0n) is 24.0. The summed E-state index contributed by atoms with van der Waals surface area (Å²) < 4.78 is 4.69. The van der Waals surface area contributed by atoms with Crippen LogP contribution in [-0.4, -0.2) is 87.1 Å². The molecule has 4 heterocycles. The van der Waals surface area contributed by atoms with E-state index in [1.165, 1.54) is 0 Å². The van der Waals surface area contributed by atoms with Crippen LogP contribution >= 0.6 is 11.8 Å². The SMILES string of the molecule is CCOc1ccc(N2CC=C[C@H]3S[C@]45C=CCN(C(C)C)C(=O)C4N([C@@H](CO)CC(C)C)C(=O)[C@@H]5[C@H]3C2=O)cc1. The minimum atomic E-state index is -0.890. The monoisotopic (exact) mass is 567 g/mol. The molecule has 0 bridgehead atoms. The number of anilines is 1. The van der Waals surface area contributed by atoms with Crippen LogP contribution in [0, 0.1) is 17.8 Å². The molecule has 4 aliphatic heterocycles. The first-order valence-electron chi connectivity index (χ1n) is 14.4. The Hall–Kier alpha value is -2.78. The van der Waals surface area contributed by atoms with E-state index in [4.69, 9.17) is 4.74 Å². The van der Waals surface area contributed by atoms with Crippen molar-refractivity contribution in [2.24, 2.45) is 17.8 Å². The highest BCUT2D eigenvalue weighted by Gasteiger charge is 2.71. The molecule has 3 amide bonds. The van der Waals surface area contributed by atoms with Gasteiger partial charge < -0.3 is 24.5 Å². The van der Waals surface area contributed by atoms with Gasteiger partial charge in [-0.2, -0.15) is 0 Å². The van der Waals surface area contributed by atoms with Gasteiger partial charge in [0.25, 0.3) is 0 Å². The van der Waals surface area contributed by atoms with Gasteiger partial charge in [0.05, 0.1) is 35.8 Å². The van der Waals surface area contributed by atoms with E-state index in [1.54, 1.807) is 26.5 Å². The fourth-order valence-electron chi connectivity index (χ4n) is 6.89. The smallest absolute Gasteiger partial charge is 0.247 e. The summed E-state index contributed by atoms with van der Waals surface area (Å²) in [4.78, 5) is 48.4. The van der Waals surface area contributed by atoms with E-state index in [0.717, 1.165) is 11.4 Å². The molecule has 4 aliphatic rings. The number of thioether (sulfide) groups is 1. The second-order valence-electron chi connectivity index (χ2n) is 11.8. The zero-order valence-corrected chi connectivity index (χ0v) is 24.8. The van der Waals surface area contributed by atoms with E-state index < -0.39 is 28.7 Å². The average molecular weight is 568 g/mol. The van der Waals surface area contributed by atoms with Gasteiger partial charge in [-0.3, -0.25) is 14.4 Å². The number of hydrogen-bond acceptors (Lipinski definition) is 6. The lowest BCUT2D eigenvalue weighted by atomic mass is 9.78. The van der Waals surface area contributed by atoms with Crippen molar-refractivity contribution in [1.29, 1.82) is 0 Å². The summed E-state index contributed by atoms with van der Waals surface area (Å²) in [6.07, 6.45) is 8.65. The Bertz CT molecular complexity index is 1200. The predicted octanol–water partition coefficient (Wildman–Crippen LogP) is 3.50. The molecule has 1 N–H and O–H groups in total. The van der Waals surface area contributed by atoms with Crippen molar-refractivity contribution < 1.29 is 24.2 Å². The second kappa shape index (κ2) is 11.2. The number of carbonyl (C=O) groups excluding carboxylic acids is 3. The molecule has 0 aliphatic carbocycles. The molecule has 2 fully saturated rings. The first-order chi connectivity index (χ1) is 19.1. The van der Waals surface area contributed by atoms with Crippen LogP contribution in [-0.2, 0) is 14.4 Å². The van der Waals surface area contributed by atoms with Crippen molar-refractivity contribution in [3.05, 3.63) is 48.6 Å². The third-order valence-electron chi connectivity index (χ3n) is 8.56. The van der Waals surface area contributed by atoms with Crippen LogP contribution in [0.1, 0.15) is 41.0 Å². The molecule has 1 aromatic rings. The number of aliphatic hydroxyl groups is 1. The predicted molar refractivity (Wildman–Crippen MR) is 157 cm³/mol. The molecule has 216 valence electrons. The first kappa shape index (κ1) is 28.7. The average Bonchev–Trinajstić information content (AvgIpc) is 3.23. The highest BCUT2D eigenvalue weighted by atomic mass is 32.2. The van der Waals surface area contributed by atoms with Crippen molar-refractivity contribution in [3.63, 3.8) is 0 Å². The molecule has 0 aromatic heterocycles. The maximum absolute atomic E-state index is 14.5. The summed E-state index contributed by atoms with van der Waals surface area (Å²) in [6.45, 7) is 11.2. The Labute approximate surface area is 241 Å². The maximum atomic E-state index is 14.5. The number of ether oxygens (including phenoxy) is 1. The molecule has 8 nitrogen and oxygen atoms in total. The van der Waals surface area contributed by atoms with Crippen LogP contribution < -0.4 is 9.64 Å². The molecule has 5 rings (SSSR count). The van der Waals surface area contributed by atoms with Crippen LogP contribution in [0.15, 0.2) is 48.6 Å². The topological polar surface area (TPSA) is 90.4 Å². The van der Waals surface area contributed by atoms with Crippen molar-refractivity contribution in [3.8, 4) is 5.75 Å². The van der Waals surface area contributed by atoms with Crippen molar-refractivity contribution in [1.82, 2.24) is 9.80 Å². The third kappa shape index (κ3) is 4.65. The van der Waals surface area contributed by atoms with Gasteiger partial charge in [-0.15, -0.1) is 11.8 Å². The lowest BCUT2D eigenvalue weighted by molar-refractivity contribution is -0.146. The number of amides is 3. The number of likely N-dealkylation sites (tertiary alicyclic amines) is 1. The Morgan fingerprint density at radius 1 is 1.02 bits per heavy atom. The molecule has 2 saturated heterocycles. The minimum absolute atomic E-state index is 0.0467. The highest BCUT2D eigenvalue weighted by molar-refractivity contribution is 8.02. The Kier molecular flexibility index (Phi) is 8.08. The van der Waals surface area contributed by atoms with Gasteiger partial charge in [-0.05, 0) is 57.4 Å². The largest absolute Gasteiger partial charge is 0.494 e. The lowest BCUT2D eigenvalue weighted by Gasteiger charge is -2.39. The molecule has 0 radical (unpaired) electrons. The van der Waals surface area contributed by atoms with Crippen molar-refractivity contribution >= 4 is 35.2 Å². The van der Waals surface area contributed by atoms with E-state index in [9.17, 15) is 19.5 Å². The number of aliphatic hydroxyl groups excluding tert-OH is 1. The molecule has 40 heavy (non-hydrogen) atoms. The molecule has 1 aromatic carbocycles. The van der Waals surface area contributed by atoms with Gasteiger partial charge in [-0.25, -0.2) is 0 Å². The van der Waals surface area contributed by atoms with Crippen LogP contribution in [0.25, 0.3) is 0 Å². The standard InChI is InChI=1S/C31H41N3O5S/c1-6-39-23-12-10-21(11-13-23)33-15-7-9-24-25(28(33)36)26-29(37)34(22(18-35)17-19(2)3)27-30(38)32(20(4)5)16-8-14-31(26,27)40-24/h7-14,19-20,22,24-27,35H,6,15-18H2,1-5H3/t22-,24-,25+,26+,27?,31+/m1/s1. The number of carbonyl (C=O) groups is 3. The molecular formula is C31H41N3O5S. The Balaban J connectivity index is 1.58. The molecule has 0 saturated carbocycles. The fraction of sp³-hybridized carbons (Fsp3) is 0.581. The molecular weight excluding hydrogens is 526 g/mol. The van der Waals surface area contributed by atoms with Crippen LogP contribution in [0.4, 0.5) is 5.69 Å². The number of hydrogen-bond donors (Lipinski definition) is 1. The van der Waals surface area contributed by atoms with Crippen molar-refractivity contribution in [2.45, 2.75) is 69.2 Å². The summed E-state index contributed by atoms with van der Waals surface area (Å²) in [6, 6.07) is 6.14. The van der Waals surface area contributed by atoms with Gasteiger partial charge in [-0.1, -0.05) is 38.2 Å². The molecule has 6 atom stereocenters. The number of rotatable bonds is 8. The number of fused-ring (bicyclic) bond motifs is 2. The van der Waals surface area contributed by atoms with Crippen LogP contribution in [0.2, 0.25) is 0 Å². The maximum Gasteiger partial charge on any atom is 0.247 e. The zero-order chi connectivity index (χ0) is 28.8. The van der Waals surface area contributed by atoms with E-state index in [2.05, 4.69) is 0 Å². The second-order valence-corrected chi connectivity index (χ2v) is 13.3. The van der Waals surface area contributed by atoms with Crippen molar-refractivity contribution in [2.75, 3.05) is 31.2 Å². The minimum Gasteiger partial charge on any atom is -0.494 e. The summed E-state index contributed by atoms with van der Waals surface area (Å²) in [7, 11) is 0. The van der Waals surface area contributed by atoms with E-state index in [1.807, 2.05) is 83.2 Å². The molecule has 9 heteroatoms. The third-order valence-corrected chi connectivity index (χ3v) is 10.3. The number of benzene rings is 1. The van der Waals surface area contributed by atoms with Gasteiger partial charge in [0.1, 0.15) is 11.8 Å². The van der Waals surface area contributed by atoms with E-state index >= 15 is 0 Å². The van der Waals surface area contributed by atoms with Crippen LogP contribution in [0.5, 0.6) is 5.75 Å².